The molecule has 0 saturated carbocycles. The third-order valence-electron chi connectivity index (χ3n) is 3.45. The van der Waals surface area contributed by atoms with Crippen molar-refractivity contribution in [2.24, 2.45) is 0 Å². The molecule has 0 radical (unpaired) electrons. The number of nitrogens with zero attached hydrogens (tertiary/aromatic N) is 4. The van der Waals surface area contributed by atoms with Crippen molar-refractivity contribution in [3.05, 3.63) is 54.7 Å². The third-order valence-corrected chi connectivity index (χ3v) is 3.99. The van der Waals surface area contributed by atoms with Crippen LogP contribution in [-0.4, -0.2) is 25.8 Å². The van der Waals surface area contributed by atoms with E-state index in [2.05, 4.69) is 57.5 Å². The van der Waals surface area contributed by atoms with Gasteiger partial charge in [0.05, 0.1) is 5.69 Å². The van der Waals surface area contributed by atoms with Crippen LogP contribution in [-0.2, 0) is 0 Å². The van der Waals surface area contributed by atoms with E-state index in [0.717, 1.165) is 16.4 Å². The second-order valence-electron chi connectivity index (χ2n) is 4.70. The van der Waals surface area contributed by atoms with Gasteiger partial charge in [-0.2, -0.15) is 9.50 Å². The van der Waals surface area contributed by atoms with E-state index in [9.17, 15) is 0 Å². The molecule has 0 aliphatic heterocycles. The summed E-state index contributed by atoms with van der Waals surface area (Å²) in [5.74, 6) is 0.630. The molecule has 0 unspecified atom stereocenters. The Bertz CT molecular complexity index is 945. The Balaban J connectivity index is 1.96. The highest BCUT2D eigenvalue weighted by Crippen LogP contribution is 2.24. The number of fused-ring (bicyclic) bond motifs is 2. The number of thioether (sulfide) groups is 1. The van der Waals surface area contributed by atoms with Gasteiger partial charge in [-0.25, -0.2) is 4.98 Å². The normalized spacial score (nSPS) is 11.3. The first-order chi connectivity index (χ1) is 10.3. The maximum Gasteiger partial charge on any atom is 0.253 e. The lowest BCUT2D eigenvalue weighted by molar-refractivity contribution is 0.887. The summed E-state index contributed by atoms with van der Waals surface area (Å²) in [5.41, 5.74) is 2.11. The van der Waals surface area contributed by atoms with E-state index in [1.54, 1.807) is 10.7 Å². The van der Waals surface area contributed by atoms with Gasteiger partial charge >= 0.3 is 0 Å². The number of aromatic nitrogens is 4. The topological polar surface area (TPSA) is 43.1 Å². The molecule has 0 aliphatic carbocycles. The van der Waals surface area contributed by atoms with Crippen LogP contribution >= 0.6 is 11.8 Å². The lowest BCUT2D eigenvalue weighted by atomic mass is 10.1. The van der Waals surface area contributed by atoms with E-state index < -0.39 is 0 Å². The first-order valence-corrected chi connectivity index (χ1v) is 7.82. The fourth-order valence-corrected chi connectivity index (χ4v) is 2.77. The Labute approximate surface area is 125 Å². The van der Waals surface area contributed by atoms with Crippen molar-refractivity contribution in [2.75, 3.05) is 6.26 Å². The Morgan fingerprint density at radius 1 is 1.00 bits per heavy atom. The van der Waals surface area contributed by atoms with E-state index >= 15 is 0 Å². The molecule has 21 heavy (non-hydrogen) atoms. The summed E-state index contributed by atoms with van der Waals surface area (Å²) < 4.78 is 1.80. The predicted molar refractivity (Wildman–Crippen MR) is 85.5 cm³/mol. The highest BCUT2D eigenvalue weighted by Gasteiger charge is 2.09. The first-order valence-electron chi connectivity index (χ1n) is 6.60. The van der Waals surface area contributed by atoms with Crippen LogP contribution in [0.1, 0.15) is 0 Å². The van der Waals surface area contributed by atoms with Gasteiger partial charge in [-0.15, -0.1) is 5.10 Å². The summed E-state index contributed by atoms with van der Waals surface area (Å²) >= 11 is 1.52. The molecule has 4 rings (SSSR count). The minimum Gasteiger partial charge on any atom is -0.220 e. The summed E-state index contributed by atoms with van der Waals surface area (Å²) in [4.78, 5) is 8.66. The van der Waals surface area contributed by atoms with Gasteiger partial charge in [-0.3, -0.25) is 0 Å². The fraction of sp³-hybridized carbons (Fsp3) is 0.0625. The van der Waals surface area contributed by atoms with E-state index in [0.29, 0.717) is 5.78 Å². The standard InChI is InChI=1S/C16H12N4S/c1-21-16-18-15-17-9-8-14(20(15)19-16)13-7-6-11-4-2-3-5-12(11)10-13/h2-10H,1H3. The van der Waals surface area contributed by atoms with Crippen molar-refractivity contribution in [3.63, 3.8) is 0 Å². The van der Waals surface area contributed by atoms with Crippen LogP contribution in [0.2, 0.25) is 0 Å². The third kappa shape index (κ3) is 2.06. The molecule has 0 N–H and O–H groups in total. The van der Waals surface area contributed by atoms with Gasteiger partial charge in [0, 0.05) is 11.8 Å². The molecule has 102 valence electrons. The summed E-state index contributed by atoms with van der Waals surface area (Å²) in [5, 5.41) is 7.67. The minimum atomic E-state index is 0.630. The molecule has 0 bridgehead atoms. The van der Waals surface area contributed by atoms with E-state index in [-0.39, 0.29) is 0 Å². The second kappa shape index (κ2) is 4.86. The SMILES string of the molecule is CSc1nc2nccc(-c3ccc4ccccc4c3)n2n1. The number of rotatable bonds is 2. The Hall–Kier alpha value is -2.40. The van der Waals surface area contributed by atoms with E-state index in [1.165, 1.54) is 22.5 Å². The summed E-state index contributed by atoms with van der Waals surface area (Å²) in [6.07, 6.45) is 3.74. The first kappa shape index (κ1) is 12.3. The molecule has 4 nitrogen and oxygen atoms in total. The molecule has 0 amide bonds. The average molecular weight is 292 g/mol. The van der Waals surface area contributed by atoms with Crippen molar-refractivity contribution < 1.29 is 0 Å². The van der Waals surface area contributed by atoms with Crippen LogP contribution < -0.4 is 0 Å². The fourth-order valence-electron chi connectivity index (χ4n) is 2.43. The van der Waals surface area contributed by atoms with Crippen molar-refractivity contribution in [3.8, 4) is 11.3 Å². The average Bonchev–Trinajstić information content (AvgIpc) is 2.97. The molecule has 0 fully saturated rings. The maximum absolute atomic E-state index is 4.49. The maximum atomic E-state index is 4.49. The minimum absolute atomic E-state index is 0.630. The largest absolute Gasteiger partial charge is 0.253 e. The quantitative estimate of drug-likeness (QED) is 0.529. The Morgan fingerprint density at radius 3 is 2.71 bits per heavy atom. The van der Waals surface area contributed by atoms with Crippen LogP contribution in [0.25, 0.3) is 27.8 Å². The van der Waals surface area contributed by atoms with Crippen LogP contribution in [0, 0.1) is 0 Å². The summed E-state index contributed by atoms with van der Waals surface area (Å²) in [6, 6.07) is 16.7. The van der Waals surface area contributed by atoms with Crippen LogP contribution in [0.4, 0.5) is 0 Å². The monoisotopic (exact) mass is 292 g/mol. The van der Waals surface area contributed by atoms with Crippen LogP contribution in [0.3, 0.4) is 0 Å². The van der Waals surface area contributed by atoms with Crippen molar-refractivity contribution in [1.29, 1.82) is 0 Å². The highest BCUT2D eigenvalue weighted by atomic mass is 32.2. The molecular formula is C16H12N4S. The summed E-state index contributed by atoms with van der Waals surface area (Å²) in [7, 11) is 0. The number of hydrogen-bond acceptors (Lipinski definition) is 4. The van der Waals surface area contributed by atoms with E-state index in [1.807, 2.05) is 12.3 Å². The van der Waals surface area contributed by atoms with Gasteiger partial charge in [0.2, 0.25) is 5.16 Å². The lowest BCUT2D eigenvalue weighted by Gasteiger charge is -2.05. The molecule has 2 aromatic carbocycles. The summed E-state index contributed by atoms with van der Waals surface area (Å²) in [6.45, 7) is 0. The zero-order valence-corrected chi connectivity index (χ0v) is 12.2. The second-order valence-corrected chi connectivity index (χ2v) is 5.48. The smallest absolute Gasteiger partial charge is 0.220 e. The highest BCUT2D eigenvalue weighted by molar-refractivity contribution is 7.98. The van der Waals surface area contributed by atoms with Gasteiger partial charge in [0.25, 0.3) is 5.78 Å². The molecule has 2 aromatic heterocycles. The zero-order valence-electron chi connectivity index (χ0n) is 11.4. The number of benzene rings is 2. The van der Waals surface area contributed by atoms with Crippen molar-refractivity contribution >= 4 is 28.3 Å². The van der Waals surface area contributed by atoms with E-state index in [4.69, 9.17) is 0 Å². The molecule has 4 aromatic rings. The molecule has 0 aliphatic rings. The van der Waals surface area contributed by atoms with Gasteiger partial charge in [0.15, 0.2) is 0 Å². The van der Waals surface area contributed by atoms with Gasteiger partial charge in [-0.1, -0.05) is 48.2 Å². The predicted octanol–water partition coefficient (Wildman–Crippen LogP) is 3.67. The molecule has 0 atom stereocenters. The molecule has 5 heteroatoms. The molecule has 0 saturated heterocycles. The van der Waals surface area contributed by atoms with Crippen molar-refractivity contribution in [1.82, 2.24) is 19.6 Å². The van der Waals surface area contributed by atoms with Crippen LogP contribution in [0.15, 0.2) is 59.9 Å². The number of hydrogen-bond donors (Lipinski definition) is 0. The van der Waals surface area contributed by atoms with Gasteiger partial charge < -0.3 is 0 Å². The van der Waals surface area contributed by atoms with Crippen LogP contribution in [0.5, 0.6) is 0 Å². The van der Waals surface area contributed by atoms with Gasteiger partial charge in [-0.05, 0) is 29.2 Å². The molecule has 2 heterocycles. The van der Waals surface area contributed by atoms with Crippen molar-refractivity contribution in [2.45, 2.75) is 5.16 Å². The zero-order chi connectivity index (χ0) is 14.2. The molecule has 0 spiro atoms. The Kier molecular flexibility index (Phi) is 2.86. The molecular weight excluding hydrogens is 280 g/mol. The Morgan fingerprint density at radius 2 is 1.86 bits per heavy atom. The van der Waals surface area contributed by atoms with Gasteiger partial charge in [0.1, 0.15) is 0 Å². The lowest BCUT2D eigenvalue weighted by Crippen LogP contribution is -1.95.